The van der Waals surface area contributed by atoms with E-state index in [2.05, 4.69) is 16.7 Å². The van der Waals surface area contributed by atoms with Crippen LogP contribution in [-0.2, 0) is 11.3 Å². The Morgan fingerprint density at radius 2 is 1.92 bits per heavy atom. The Labute approximate surface area is 157 Å². The number of nitrogens with two attached hydrogens (primary N) is 1. The number of halogens is 2. The van der Waals surface area contributed by atoms with Crippen LogP contribution in [0.2, 0.25) is 5.02 Å². The molecule has 5 heteroatoms. The number of hydrogen-bond acceptors (Lipinski definition) is 1. The van der Waals surface area contributed by atoms with Crippen molar-refractivity contribution in [2.75, 3.05) is 5.32 Å². The minimum absolute atomic E-state index is 0.0275. The summed E-state index contributed by atoms with van der Waals surface area (Å²) in [4.78, 5) is 12.6. The fourth-order valence-electron chi connectivity index (χ4n) is 4.68. The smallest absolute Gasteiger partial charge is 0.227 e. The van der Waals surface area contributed by atoms with Crippen LogP contribution in [0.3, 0.4) is 0 Å². The Balaban J connectivity index is 1.29. The number of hydrogen-bond donors (Lipinski definition) is 2. The van der Waals surface area contributed by atoms with Crippen LogP contribution in [-0.4, -0.2) is 11.4 Å². The van der Waals surface area contributed by atoms with E-state index in [1.807, 2.05) is 25.1 Å². The van der Waals surface area contributed by atoms with Crippen LogP contribution < -0.4 is 10.6 Å². The lowest BCUT2D eigenvalue weighted by Gasteiger charge is -2.69. The Morgan fingerprint density at radius 3 is 2.58 bits per heavy atom. The Hall–Kier alpha value is -1.91. The van der Waals surface area contributed by atoms with Crippen LogP contribution in [0.25, 0.3) is 0 Å². The first kappa shape index (κ1) is 17.5. The molecule has 0 saturated heterocycles. The first-order valence-electron chi connectivity index (χ1n) is 9.05. The van der Waals surface area contributed by atoms with Gasteiger partial charge in [0.05, 0.1) is 5.54 Å². The number of amides is 1. The van der Waals surface area contributed by atoms with Gasteiger partial charge in [-0.3, -0.25) is 4.79 Å². The molecule has 5 rings (SSSR count). The zero-order valence-electron chi connectivity index (χ0n) is 14.8. The normalized spacial score (nSPS) is 27.2. The van der Waals surface area contributed by atoms with Gasteiger partial charge in [-0.1, -0.05) is 30.7 Å². The van der Waals surface area contributed by atoms with Crippen molar-refractivity contribution < 1.29 is 14.5 Å². The van der Waals surface area contributed by atoms with E-state index in [1.54, 1.807) is 12.1 Å². The fourth-order valence-corrected chi connectivity index (χ4v) is 4.90. The van der Waals surface area contributed by atoms with Crippen LogP contribution in [0.4, 0.5) is 10.1 Å². The summed E-state index contributed by atoms with van der Waals surface area (Å²) in [6.07, 6.45) is 3.25. The van der Waals surface area contributed by atoms with Gasteiger partial charge in [-0.2, -0.15) is 0 Å². The number of nitrogens with one attached hydrogen (secondary N) is 1. The molecular weight excluding hydrogens is 351 g/mol. The molecule has 1 atom stereocenters. The summed E-state index contributed by atoms with van der Waals surface area (Å²) in [7, 11) is 0. The summed E-state index contributed by atoms with van der Waals surface area (Å²) in [5.74, 6) is -0.304. The Morgan fingerprint density at radius 1 is 1.23 bits per heavy atom. The Bertz CT molecular complexity index is 816. The summed E-state index contributed by atoms with van der Waals surface area (Å²) in [5, 5.41) is 6.10. The summed E-state index contributed by atoms with van der Waals surface area (Å²) in [5.41, 5.74) is 2.32. The SMILES string of the molecule is C[C@H](C(=O)Nc1ccc(F)cc1)C12CC([NH2+]Cc3cccc(Cl)c3)(C1)C2. The number of anilines is 1. The second-order valence-corrected chi connectivity index (χ2v) is 8.45. The highest BCUT2D eigenvalue weighted by molar-refractivity contribution is 6.30. The molecule has 0 radical (unpaired) electrons. The molecule has 136 valence electrons. The summed E-state index contributed by atoms with van der Waals surface area (Å²) in [6, 6.07) is 13.9. The van der Waals surface area contributed by atoms with Gasteiger partial charge in [-0.05, 0) is 41.8 Å². The largest absolute Gasteiger partial charge is 0.338 e. The van der Waals surface area contributed by atoms with Crippen molar-refractivity contribution in [3.05, 3.63) is 64.9 Å². The van der Waals surface area contributed by atoms with Crippen molar-refractivity contribution >= 4 is 23.2 Å². The first-order chi connectivity index (χ1) is 12.4. The first-order valence-corrected chi connectivity index (χ1v) is 9.43. The molecule has 0 aromatic heterocycles. The van der Waals surface area contributed by atoms with E-state index < -0.39 is 0 Å². The van der Waals surface area contributed by atoms with Crippen molar-refractivity contribution in [1.82, 2.24) is 0 Å². The number of benzene rings is 2. The van der Waals surface area contributed by atoms with E-state index in [9.17, 15) is 9.18 Å². The molecule has 3 saturated carbocycles. The van der Waals surface area contributed by atoms with E-state index in [0.717, 1.165) is 30.8 Å². The predicted octanol–water partition coefficient (Wildman–Crippen LogP) is 3.74. The molecule has 1 amide bonds. The van der Waals surface area contributed by atoms with Crippen LogP contribution >= 0.6 is 11.6 Å². The minimum Gasteiger partial charge on any atom is -0.338 e. The van der Waals surface area contributed by atoms with Crippen LogP contribution in [0.1, 0.15) is 31.7 Å². The van der Waals surface area contributed by atoms with E-state index in [1.165, 1.54) is 17.7 Å². The lowest BCUT2D eigenvalue weighted by atomic mass is 9.36. The highest BCUT2D eigenvalue weighted by Crippen LogP contribution is 2.68. The van der Waals surface area contributed by atoms with Gasteiger partial charge in [-0.15, -0.1) is 0 Å². The summed E-state index contributed by atoms with van der Waals surface area (Å²) in [6.45, 7) is 2.94. The number of quaternary nitrogens is 1. The fraction of sp³-hybridized carbons (Fsp3) is 0.381. The molecule has 3 N–H and O–H groups in total. The van der Waals surface area contributed by atoms with Crippen molar-refractivity contribution in [3.8, 4) is 0 Å². The molecular formula is C21H23ClFN2O+. The topological polar surface area (TPSA) is 45.7 Å². The highest BCUT2D eigenvalue weighted by Gasteiger charge is 2.73. The standard InChI is InChI=1S/C21H22ClFN2O/c1-14(19(26)25-18-7-5-17(23)6-8-18)20-11-21(12-20,13-20)24-10-15-3-2-4-16(22)9-15/h2-9,14,24H,10-13H2,1H3,(H,25,26)/p+1/t14-,20?,21?/m1/s1. The second-order valence-electron chi connectivity index (χ2n) is 8.01. The van der Waals surface area contributed by atoms with Crippen LogP contribution in [0, 0.1) is 17.2 Å². The molecule has 26 heavy (non-hydrogen) atoms. The average molecular weight is 374 g/mol. The molecule has 0 aliphatic heterocycles. The molecule has 0 heterocycles. The number of rotatable bonds is 6. The number of carbonyl (C=O) groups is 1. The zero-order chi connectivity index (χ0) is 18.4. The van der Waals surface area contributed by atoms with Crippen molar-refractivity contribution in [2.24, 2.45) is 11.3 Å². The maximum atomic E-state index is 13.0. The van der Waals surface area contributed by atoms with Gasteiger partial charge in [0.2, 0.25) is 5.91 Å². The molecule has 2 bridgehead atoms. The minimum atomic E-state index is -0.298. The van der Waals surface area contributed by atoms with Gasteiger partial charge in [0, 0.05) is 41.5 Å². The van der Waals surface area contributed by atoms with Gasteiger partial charge in [0.15, 0.2) is 0 Å². The van der Waals surface area contributed by atoms with Crippen molar-refractivity contribution in [1.29, 1.82) is 0 Å². The van der Waals surface area contributed by atoms with Gasteiger partial charge in [0.25, 0.3) is 0 Å². The van der Waals surface area contributed by atoms with Crippen LogP contribution in [0.15, 0.2) is 48.5 Å². The van der Waals surface area contributed by atoms with E-state index in [4.69, 9.17) is 11.6 Å². The molecule has 2 aromatic carbocycles. The monoisotopic (exact) mass is 373 g/mol. The molecule has 3 nitrogen and oxygen atoms in total. The quantitative estimate of drug-likeness (QED) is 0.796. The lowest BCUT2D eigenvalue weighted by Crippen LogP contribution is -3.05. The molecule has 0 unspecified atom stereocenters. The van der Waals surface area contributed by atoms with Crippen molar-refractivity contribution in [2.45, 2.75) is 38.3 Å². The predicted molar refractivity (Wildman–Crippen MR) is 100 cm³/mol. The van der Waals surface area contributed by atoms with E-state index >= 15 is 0 Å². The van der Waals surface area contributed by atoms with Gasteiger partial charge >= 0.3 is 0 Å². The van der Waals surface area contributed by atoms with Gasteiger partial charge < -0.3 is 10.6 Å². The van der Waals surface area contributed by atoms with Gasteiger partial charge in [0.1, 0.15) is 12.4 Å². The van der Waals surface area contributed by atoms with Crippen LogP contribution in [0.5, 0.6) is 0 Å². The zero-order valence-corrected chi connectivity index (χ0v) is 15.5. The van der Waals surface area contributed by atoms with Gasteiger partial charge in [-0.25, -0.2) is 4.39 Å². The molecule has 3 aliphatic rings. The molecule has 3 fully saturated rings. The summed E-state index contributed by atoms with van der Waals surface area (Å²) < 4.78 is 13.0. The summed E-state index contributed by atoms with van der Waals surface area (Å²) >= 11 is 6.05. The molecule has 0 spiro atoms. The highest BCUT2D eigenvalue weighted by atomic mass is 35.5. The third kappa shape index (κ3) is 3.12. The third-order valence-corrected chi connectivity index (χ3v) is 6.43. The molecule has 2 aromatic rings. The van der Waals surface area contributed by atoms with E-state index in [0.29, 0.717) is 11.2 Å². The molecule has 3 aliphatic carbocycles. The lowest BCUT2D eigenvalue weighted by molar-refractivity contribution is -0.788. The third-order valence-electron chi connectivity index (χ3n) is 6.20. The average Bonchev–Trinajstić information content (AvgIpc) is 2.54. The Kier molecular flexibility index (Phi) is 4.28. The van der Waals surface area contributed by atoms with E-state index in [-0.39, 0.29) is 23.1 Å². The van der Waals surface area contributed by atoms with Crippen molar-refractivity contribution in [3.63, 3.8) is 0 Å². The second kappa shape index (κ2) is 6.36. The number of carbonyl (C=O) groups excluding carboxylic acids is 1. The maximum absolute atomic E-state index is 13.0. The maximum Gasteiger partial charge on any atom is 0.227 e.